The summed E-state index contributed by atoms with van der Waals surface area (Å²) < 4.78 is 5.17. The van der Waals surface area contributed by atoms with E-state index in [2.05, 4.69) is 12.3 Å². The van der Waals surface area contributed by atoms with Crippen molar-refractivity contribution in [1.82, 2.24) is 0 Å². The largest absolute Gasteiger partial charge is 0.497 e. The van der Waals surface area contributed by atoms with Crippen molar-refractivity contribution in [1.29, 1.82) is 0 Å². The number of aryl methyl sites for hydroxylation is 1. The molecule has 0 spiro atoms. The zero-order valence-electron chi connectivity index (χ0n) is 14.6. The highest BCUT2D eigenvalue weighted by molar-refractivity contribution is 6.10. The lowest BCUT2D eigenvalue weighted by Gasteiger charge is -2.53. The van der Waals surface area contributed by atoms with E-state index in [0.29, 0.717) is 17.0 Å². The van der Waals surface area contributed by atoms with Gasteiger partial charge in [-0.15, -0.1) is 5.73 Å². The average Bonchev–Trinajstić information content (AvgIpc) is 2.65. The van der Waals surface area contributed by atoms with Gasteiger partial charge in [-0.1, -0.05) is 36.4 Å². The van der Waals surface area contributed by atoms with Crippen molar-refractivity contribution in [2.45, 2.75) is 25.5 Å². The number of ether oxygens (including phenoxy) is 1. The zero-order chi connectivity index (χ0) is 18.2. The number of nitrogens with zero attached hydrogens (tertiary/aromatic N) is 1. The second-order valence-corrected chi connectivity index (χ2v) is 6.25. The number of rotatable bonds is 4. The number of β-lactam (4-membered cyclic amide) rings is 1. The lowest BCUT2D eigenvalue weighted by Crippen LogP contribution is -2.69. The molecule has 1 N–H and O–H groups in total. The Bertz CT molecular complexity index is 848. The maximum Gasteiger partial charge on any atom is 0.267 e. The van der Waals surface area contributed by atoms with Crippen LogP contribution in [0, 0.1) is 6.92 Å². The topological polar surface area (TPSA) is 49.8 Å². The zero-order valence-corrected chi connectivity index (χ0v) is 14.6. The fraction of sp³-hybridized carbons (Fsp3) is 0.238. The third kappa shape index (κ3) is 2.56. The third-order valence-corrected chi connectivity index (χ3v) is 4.78. The number of benzene rings is 2. The maximum atomic E-state index is 12.8. The fourth-order valence-electron chi connectivity index (χ4n) is 3.19. The molecule has 0 saturated carbocycles. The van der Waals surface area contributed by atoms with Crippen LogP contribution in [0.5, 0.6) is 5.75 Å². The molecule has 0 bridgehead atoms. The Balaban J connectivity index is 2.09. The molecule has 0 unspecified atom stereocenters. The summed E-state index contributed by atoms with van der Waals surface area (Å²) in [6, 6.07) is 14.5. The molecule has 128 valence electrons. The van der Waals surface area contributed by atoms with E-state index >= 15 is 0 Å². The monoisotopic (exact) mass is 335 g/mol. The van der Waals surface area contributed by atoms with E-state index in [1.54, 1.807) is 31.1 Å². The lowest BCUT2D eigenvalue weighted by molar-refractivity contribution is -0.148. The van der Waals surface area contributed by atoms with Gasteiger partial charge in [-0.2, -0.15) is 0 Å². The standard InChI is InChI=1S/C21H21NO3/c1-5-15(3)21(24)19(16-8-6-14(2)7-9-16)22(20(21)23)17-10-12-18(25-4)13-11-17/h6-13,19,24H,1H2,2-4H3/t19-,21+/m0/s1. The highest BCUT2D eigenvalue weighted by Crippen LogP contribution is 2.49. The molecule has 4 nitrogen and oxygen atoms in total. The number of amides is 1. The van der Waals surface area contributed by atoms with E-state index in [0.717, 1.165) is 11.1 Å². The van der Waals surface area contributed by atoms with E-state index < -0.39 is 11.6 Å². The molecule has 3 rings (SSSR count). The van der Waals surface area contributed by atoms with Gasteiger partial charge in [0.2, 0.25) is 0 Å². The number of aliphatic hydroxyl groups is 1. The average molecular weight is 335 g/mol. The molecule has 2 aromatic rings. The van der Waals surface area contributed by atoms with Crippen LogP contribution in [0.3, 0.4) is 0 Å². The molecule has 0 aromatic heterocycles. The SMILES string of the molecule is C=C=C(C)[C@]1(O)C(=O)N(c2ccc(OC)cc2)[C@H]1c1ccc(C)cc1. The Labute approximate surface area is 147 Å². The van der Waals surface area contributed by atoms with Crippen molar-refractivity contribution in [3.8, 4) is 5.75 Å². The molecule has 1 heterocycles. The second kappa shape index (κ2) is 6.25. The van der Waals surface area contributed by atoms with E-state index in [-0.39, 0.29) is 5.91 Å². The van der Waals surface area contributed by atoms with Crippen molar-refractivity contribution >= 4 is 11.6 Å². The number of carbonyl (C=O) groups excluding carboxylic acids is 1. The highest BCUT2D eigenvalue weighted by Gasteiger charge is 2.62. The molecule has 4 heteroatoms. The molecule has 0 radical (unpaired) electrons. The van der Waals surface area contributed by atoms with Crippen molar-refractivity contribution in [3.63, 3.8) is 0 Å². The van der Waals surface area contributed by atoms with Crippen LogP contribution in [0.2, 0.25) is 0 Å². The minimum atomic E-state index is -1.63. The van der Waals surface area contributed by atoms with Crippen molar-refractivity contribution in [3.05, 3.63) is 77.5 Å². The predicted molar refractivity (Wildman–Crippen MR) is 97.7 cm³/mol. The van der Waals surface area contributed by atoms with Crippen LogP contribution in [-0.4, -0.2) is 23.7 Å². The van der Waals surface area contributed by atoms with Crippen LogP contribution in [0.15, 0.2) is 66.4 Å². The van der Waals surface area contributed by atoms with Crippen LogP contribution in [0.4, 0.5) is 5.69 Å². The third-order valence-electron chi connectivity index (χ3n) is 4.78. The first kappa shape index (κ1) is 17.0. The number of anilines is 1. The number of methoxy groups -OCH3 is 1. The quantitative estimate of drug-likeness (QED) is 0.687. The Morgan fingerprint density at radius 3 is 2.32 bits per heavy atom. The molecule has 2 atom stereocenters. The van der Waals surface area contributed by atoms with Gasteiger partial charge in [-0.05, 0) is 43.7 Å². The van der Waals surface area contributed by atoms with E-state index in [9.17, 15) is 9.90 Å². The minimum absolute atomic E-state index is 0.378. The molecule has 1 fully saturated rings. The molecule has 1 amide bonds. The van der Waals surface area contributed by atoms with Gasteiger partial charge in [0.15, 0.2) is 5.60 Å². The summed E-state index contributed by atoms with van der Waals surface area (Å²) in [5.74, 6) is 0.331. The summed E-state index contributed by atoms with van der Waals surface area (Å²) in [6.45, 7) is 7.27. The van der Waals surface area contributed by atoms with Gasteiger partial charge in [0.25, 0.3) is 5.91 Å². The Kier molecular flexibility index (Phi) is 4.25. The molecule has 25 heavy (non-hydrogen) atoms. The van der Waals surface area contributed by atoms with Crippen LogP contribution < -0.4 is 9.64 Å². The number of carbonyl (C=O) groups is 1. The molecular weight excluding hydrogens is 314 g/mol. The number of hydrogen-bond donors (Lipinski definition) is 1. The molecule has 2 aromatic carbocycles. The van der Waals surface area contributed by atoms with Crippen LogP contribution in [0.25, 0.3) is 0 Å². The molecule has 0 aliphatic carbocycles. The van der Waals surface area contributed by atoms with Gasteiger partial charge in [-0.25, -0.2) is 0 Å². The van der Waals surface area contributed by atoms with Gasteiger partial charge in [-0.3, -0.25) is 9.69 Å². The van der Waals surface area contributed by atoms with Crippen molar-refractivity contribution < 1.29 is 14.6 Å². The number of hydrogen-bond acceptors (Lipinski definition) is 3. The maximum absolute atomic E-state index is 12.8. The van der Waals surface area contributed by atoms with Gasteiger partial charge < -0.3 is 9.84 Å². The van der Waals surface area contributed by atoms with Crippen LogP contribution >= 0.6 is 0 Å². The van der Waals surface area contributed by atoms with E-state index in [1.165, 1.54) is 0 Å². The van der Waals surface area contributed by atoms with Gasteiger partial charge in [0, 0.05) is 11.3 Å². The minimum Gasteiger partial charge on any atom is -0.497 e. The highest BCUT2D eigenvalue weighted by atomic mass is 16.5. The predicted octanol–water partition coefficient (Wildman–Crippen LogP) is 3.55. The Morgan fingerprint density at radius 2 is 1.80 bits per heavy atom. The Morgan fingerprint density at radius 1 is 1.20 bits per heavy atom. The first-order valence-corrected chi connectivity index (χ1v) is 8.07. The lowest BCUT2D eigenvalue weighted by atomic mass is 9.73. The summed E-state index contributed by atoms with van der Waals surface area (Å²) >= 11 is 0. The van der Waals surface area contributed by atoms with Gasteiger partial charge in [0.05, 0.1) is 7.11 Å². The van der Waals surface area contributed by atoms with Crippen LogP contribution in [0.1, 0.15) is 24.1 Å². The normalized spacial score (nSPS) is 22.2. The first-order valence-electron chi connectivity index (χ1n) is 8.07. The summed E-state index contributed by atoms with van der Waals surface area (Å²) in [5, 5.41) is 11.1. The van der Waals surface area contributed by atoms with Gasteiger partial charge >= 0.3 is 0 Å². The molecule has 1 aliphatic rings. The van der Waals surface area contributed by atoms with Gasteiger partial charge in [0.1, 0.15) is 11.8 Å². The first-order chi connectivity index (χ1) is 11.9. The van der Waals surface area contributed by atoms with E-state index in [1.807, 2.05) is 43.3 Å². The molecular formula is C21H21NO3. The smallest absolute Gasteiger partial charge is 0.267 e. The van der Waals surface area contributed by atoms with Crippen molar-refractivity contribution in [2.75, 3.05) is 12.0 Å². The summed E-state index contributed by atoms with van der Waals surface area (Å²) in [7, 11) is 1.59. The van der Waals surface area contributed by atoms with E-state index in [4.69, 9.17) is 4.74 Å². The summed E-state index contributed by atoms with van der Waals surface area (Å²) in [5.41, 5.74) is 4.17. The fourth-order valence-corrected chi connectivity index (χ4v) is 3.19. The second-order valence-electron chi connectivity index (χ2n) is 6.25. The Hall–Kier alpha value is -2.81. The van der Waals surface area contributed by atoms with Crippen LogP contribution in [-0.2, 0) is 4.79 Å². The molecule has 1 saturated heterocycles. The molecule has 1 aliphatic heterocycles. The summed E-state index contributed by atoms with van der Waals surface area (Å²) in [6.07, 6.45) is 0. The van der Waals surface area contributed by atoms with Crippen molar-refractivity contribution in [2.24, 2.45) is 0 Å². The summed E-state index contributed by atoms with van der Waals surface area (Å²) in [4.78, 5) is 14.4.